The fourth-order valence-corrected chi connectivity index (χ4v) is 2.82. The standard InChI is InChI=1S/C19H26N6O3S/c1-25(2)18(26)14-24-19(22-12-10-16-5-3-4-11-21-16)23-13-15-6-8-17(9-7-15)29(20,27)28/h3-9,11H,10,12-14H2,1-2H3,(H2,20,27,28)(H2,22,23,24). The zero-order chi connectivity index (χ0) is 21.3. The number of aromatic nitrogens is 1. The summed E-state index contributed by atoms with van der Waals surface area (Å²) in [6, 6.07) is 11.9. The van der Waals surface area contributed by atoms with Crippen LogP contribution in [0.2, 0.25) is 0 Å². The number of carbonyl (C=O) groups excluding carboxylic acids is 1. The number of rotatable bonds is 8. The summed E-state index contributed by atoms with van der Waals surface area (Å²) in [5.41, 5.74) is 1.75. The van der Waals surface area contributed by atoms with Crippen LogP contribution in [0.1, 0.15) is 11.3 Å². The highest BCUT2D eigenvalue weighted by Gasteiger charge is 2.08. The van der Waals surface area contributed by atoms with Gasteiger partial charge in [0, 0.05) is 39.0 Å². The zero-order valence-corrected chi connectivity index (χ0v) is 17.3. The minimum atomic E-state index is -3.72. The largest absolute Gasteiger partial charge is 0.356 e. The van der Waals surface area contributed by atoms with E-state index in [1.807, 2.05) is 18.2 Å². The third-order valence-electron chi connectivity index (χ3n) is 3.98. The fourth-order valence-electron chi connectivity index (χ4n) is 2.30. The van der Waals surface area contributed by atoms with E-state index in [4.69, 9.17) is 5.14 Å². The molecule has 0 fully saturated rings. The molecule has 0 unspecified atom stereocenters. The average Bonchev–Trinajstić information content (AvgIpc) is 2.69. The number of nitrogens with zero attached hydrogens (tertiary/aromatic N) is 3. The Balaban J connectivity index is 2.01. The van der Waals surface area contributed by atoms with E-state index in [2.05, 4.69) is 20.6 Å². The molecule has 0 aliphatic carbocycles. The molecule has 0 radical (unpaired) electrons. The molecule has 0 aliphatic rings. The van der Waals surface area contributed by atoms with Gasteiger partial charge in [0.1, 0.15) is 0 Å². The van der Waals surface area contributed by atoms with E-state index in [9.17, 15) is 13.2 Å². The SMILES string of the molecule is CN(C)C(=O)CNC(=NCc1ccc(S(N)(=O)=O)cc1)NCCc1ccccn1. The Morgan fingerprint density at radius 3 is 2.45 bits per heavy atom. The smallest absolute Gasteiger partial charge is 0.241 e. The molecule has 1 aromatic heterocycles. The topological polar surface area (TPSA) is 130 Å². The number of sulfonamides is 1. The molecule has 4 N–H and O–H groups in total. The Hall–Kier alpha value is -2.98. The van der Waals surface area contributed by atoms with Crippen LogP contribution in [0.15, 0.2) is 58.5 Å². The number of likely N-dealkylation sites (N-methyl/N-ethyl adjacent to an activating group) is 1. The molecule has 1 amide bonds. The molecule has 0 aliphatic heterocycles. The number of primary sulfonamides is 1. The molecule has 29 heavy (non-hydrogen) atoms. The van der Waals surface area contributed by atoms with Crippen LogP contribution in [-0.2, 0) is 27.8 Å². The van der Waals surface area contributed by atoms with Crippen molar-refractivity contribution in [1.29, 1.82) is 0 Å². The molecule has 2 rings (SSSR count). The van der Waals surface area contributed by atoms with Gasteiger partial charge < -0.3 is 15.5 Å². The molecule has 9 nitrogen and oxygen atoms in total. The van der Waals surface area contributed by atoms with Gasteiger partial charge in [0.25, 0.3) is 0 Å². The highest BCUT2D eigenvalue weighted by molar-refractivity contribution is 7.89. The highest BCUT2D eigenvalue weighted by Crippen LogP contribution is 2.09. The Kier molecular flexibility index (Phi) is 8.10. The first-order chi connectivity index (χ1) is 13.8. The zero-order valence-electron chi connectivity index (χ0n) is 16.5. The van der Waals surface area contributed by atoms with Gasteiger partial charge in [-0.1, -0.05) is 18.2 Å². The Bertz CT molecular complexity index is 928. The molecule has 0 saturated heterocycles. The van der Waals surface area contributed by atoms with Gasteiger partial charge in [-0.15, -0.1) is 0 Å². The van der Waals surface area contributed by atoms with E-state index < -0.39 is 10.0 Å². The number of amides is 1. The van der Waals surface area contributed by atoms with Gasteiger partial charge in [-0.2, -0.15) is 0 Å². The van der Waals surface area contributed by atoms with E-state index >= 15 is 0 Å². The minimum absolute atomic E-state index is 0.0497. The van der Waals surface area contributed by atoms with Gasteiger partial charge >= 0.3 is 0 Å². The van der Waals surface area contributed by atoms with Crippen molar-refractivity contribution in [1.82, 2.24) is 20.5 Å². The molecule has 0 saturated carbocycles. The third-order valence-corrected chi connectivity index (χ3v) is 4.91. The van der Waals surface area contributed by atoms with Crippen molar-refractivity contribution >= 4 is 21.9 Å². The predicted molar refractivity (Wildman–Crippen MR) is 112 cm³/mol. The van der Waals surface area contributed by atoms with E-state index in [1.54, 1.807) is 32.4 Å². The van der Waals surface area contributed by atoms with Crippen molar-refractivity contribution in [2.45, 2.75) is 17.9 Å². The molecule has 1 aromatic carbocycles. The van der Waals surface area contributed by atoms with Crippen molar-refractivity contribution in [2.75, 3.05) is 27.2 Å². The summed E-state index contributed by atoms with van der Waals surface area (Å²) in [5.74, 6) is 0.397. The summed E-state index contributed by atoms with van der Waals surface area (Å²) >= 11 is 0. The molecule has 0 atom stereocenters. The quantitative estimate of drug-likeness (QED) is 0.412. The number of nitrogens with one attached hydrogen (secondary N) is 2. The van der Waals surface area contributed by atoms with Crippen LogP contribution in [0.5, 0.6) is 0 Å². The first kappa shape index (κ1) is 22.3. The molecule has 1 heterocycles. The molecule has 2 aromatic rings. The second-order valence-electron chi connectivity index (χ2n) is 6.49. The summed E-state index contributed by atoms with van der Waals surface area (Å²) in [6.45, 7) is 0.996. The molecule has 0 bridgehead atoms. The van der Waals surface area contributed by atoms with Crippen LogP contribution in [0, 0.1) is 0 Å². The van der Waals surface area contributed by atoms with E-state index in [-0.39, 0.29) is 17.3 Å². The highest BCUT2D eigenvalue weighted by atomic mass is 32.2. The number of nitrogens with two attached hydrogens (primary N) is 1. The van der Waals surface area contributed by atoms with Crippen LogP contribution in [0.3, 0.4) is 0 Å². The Labute approximate surface area is 171 Å². The molecule has 156 valence electrons. The minimum Gasteiger partial charge on any atom is -0.356 e. The molecular formula is C19H26N6O3S. The average molecular weight is 419 g/mol. The van der Waals surface area contributed by atoms with Crippen molar-refractivity contribution in [2.24, 2.45) is 10.1 Å². The summed E-state index contributed by atoms with van der Waals surface area (Å²) in [7, 11) is -0.358. The van der Waals surface area contributed by atoms with Gasteiger partial charge in [-0.3, -0.25) is 9.78 Å². The number of pyridine rings is 1. The lowest BCUT2D eigenvalue weighted by Crippen LogP contribution is -2.43. The predicted octanol–water partition coefficient (Wildman–Crippen LogP) is 0.0951. The van der Waals surface area contributed by atoms with Crippen molar-refractivity contribution in [3.05, 3.63) is 59.9 Å². The maximum Gasteiger partial charge on any atom is 0.241 e. The summed E-state index contributed by atoms with van der Waals surface area (Å²) < 4.78 is 22.7. The number of guanidine groups is 1. The summed E-state index contributed by atoms with van der Waals surface area (Å²) in [6.07, 6.45) is 2.44. The van der Waals surface area contributed by atoms with Gasteiger partial charge in [-0.25, -0.2) is 18.5 Å². The lowest BCUT2D eigenvalue weighted by atomic mass is 10.2. The van der Waals surface area contributed by atoms with Crippen molar-refractivity contribution < 1.29 is 13.2 Å². The van der Waals surface area contributed by atoms with Crippen LogP contribution >= 0.6 is 0 Å². The lowest BCUT2D eigenvalue weighted by molar-refractivity contribution is -0.127. The Morgan fingerprint density at radius 2 is 1.86 bits per heavy atom. The van der Waals surface area contributed by atoms with Gasteiger partial charge in [0.2, 0.25) is 15.9 Å². The molecule has 10 heteroatoms. The van der Waals surface area contributed by atoms with Crippen LogP contribution in [0.4, 0.5) is 0 Å². The van der Waals surface area contributed by atoms with Crippen LogP contribution in [-0.4, -0.2) is 57.4 Å². The maximum atomic E-state index is 11.9. The summed E-state index contributed by atoms with van der Waals surface area (Å²) in [4.78, 5) is 22.1. The first-order valence-electron chi connectivity index (χ1n) is 8.99. The number of hydrogen-bond donors (Lipinski definition) is 3. The second kappa shape index (κ2) is 10.5. The van der Waals surface area contributed by atoms with E-state index in [0.717, 1.165) is 11.3 Å². The van der Waals surface area contributed by atoms with E-state index in [1.165, 1.54) is 17.0 Å². The maximum absolute atomic E-state index is 11.9. The fraction of sp³-hybridized carbons (Fsp3) is 0.316. The van der Waals surface area contributed by atoms with Crippen molar-refractivity contribution in [3.63, 3.8) is 0 Å². The monoisotopic (exact) mass is 418 g/mol. The van der Waals surface area contributed by atoms with Crippen LogP contribution < -0.4 is 15.8 Å². The number of carbonyl (C=O) groups is 1. The molecular weight excluding hydrogens is 392 g/mol. The van der Waals surface area contributed by atoms with Gasteiger partial charge in [0.05, 0.1) is 18.0 Å². The van der Waals surface area contributed by atoms with Gasteiger partial charge in [-0.05, 0) is 29.8 Å². The number of aliphatic imine (C=N–C) groups is 1. The Morgan fingerprint density at radius 1 is 1.14 bits per heavy atom. The normalized spacial score (nSPS) is 11.8. The number of hydrogen-bond acceptors (Lipinski definition) is 5. The van der Waals surface area contributed by atoms with Crippen molar-refractivity contribution in [3.8, 4) is 0 Å². The summed E-state index contributed by atoms with van der Waals surface area (Å²) in [5, 5.41) is 11.3. The number of benzene rings is 1. The molecule has 0 spiro atoms. The third kappa shape index (κ3) is 7.88. The first-order valence-corrected chi connectivity index (χ1v) is 10.5. The van der Waals surface area contributed by atoms with Crippen LogP contribution in [0.25, 0.3) is 0 Å². The van der Waals surface area contributed by atoms with Gasteiger partial charge in [0.15, 0.2) is 5.96 Å². The second-order valence-corrected chi connectivity index (χ2v) is 8.05. The lowest BCUT2D eigenvalue weighted by Gasteiger charge is -2.15. The van der Waals surface area contributed by atoms with E-state index in [0.29, 0.717) is 25.5 Å².